The summed E-state index contributed by atoms with van der Waals surface area (Å²) in [6, 6.07) is 16.3. The molecule has 0 aliphatic rings. The molecule has 2 N–H and O–H groups in total. The minimum absolute atomic E-state index is 0.0744. The predicted molar refractivity (Wildman–Crippen MR) is 117 cm³/mol. The molecular weight excluding hydrogens is 416 g/mol. The Morgan fingerprint density at radius 1 is 1.10 bits per heavy atom. The molecule has 0 spiro atoms. The number of rotatable bonds is 10. The van der Waals surface area contributed by atoms with Crippen LogP contribution in [0.1, 0.15) is 23.8 Å². The first-order valence-electron chi connectivity index (χ1n) is 9.99. The number of carbonyl (C=O) groups excluding carboxylic acids is 1. The summed E-state index contributed by atoms with van der Waals surface area (Å²) >= 11 is 0. The van der Waals surface area contributed by atoms with Crippen LogP contribution in [0.4, 0.5) is 0 Å². The molecule has 0 fully saturated rings. The van der Waals surface area contributed by atoms with E-state index in [9.17, 15) is 13.2 Å². The monoisotopic (exact) mass is 442 g/mol. The van der Waals surface area contributed by atoms with E-state index in [0.717, 1.165) is 5.56 Å². The lowest BCUT2D eigenvalue weighted by Crippen LogP contribution is -2.47. The molecule has 3 aromatic rings. The summed E-state index contributed by atoms with van der Waals surface area (Å²) in [5.74, 6) is 0.766. The second-order valence-corrected chi connectivity index (χ2v) is 8.74. The third-order valence-electron chi connectivity index (χ3n) is 4.67. The summed E-state index contributed by atoms with van der Waals surface area (Å²) in [7, 11) is -3.94. The van der Waals surface area contributed by atoms with Crippen LogP contribution in [0.5, 0.6) is 5.75 Å². The molecule has 0 saturated heterocycles. The van der Waals surface area contributed by atoms with Gasteiger partial charge in [0.25, 0.3) is 0 Å². The zero-order chi connectivity index (χ0) is 22.3. The Morgan fingerprint density at radius 2 is 1.87 bits per heavy atom. The average Bonchev–Trinajstić information content (AvgIpc) is 3.27. The number of amides is 1. The van der Waals surface area contributed by atoms with Gasteiger partial charge in [-0.05, 0) is 61.7 Å². The van der Waals surface area contributed by atoms with Crippen LogP contribution in [-0.2, 0) is 27.8 Å². The fourth-order valence-corrected chi connectivity index (χ4v) is 4.39. The second kappa shape index (κ2) is 10.3. The van der Waals surface area contributed by atoms with Crippen LogP contribution in [-0.4, -0.2) is 27.0 Å². The van der Waals surface area contributed by atoms with E-state index in [1.807, 2.05) is 37.3 Å². The van der Waals surface area contributed by atoms with E-state index in [1.54, 1.807) is 25.1 Å². The highest BCUT2D eigenvalue weighted by molar-refractivity contribution is 7.89. The van der Waals surface area contributed by atoms with Crippen molar-refractivity contribution >= 4 is 15.9 Å². The largest absolute Gasteiger partial charge is 0.494 e. The maximum Gasteiger partial charge on any atom is 0.241 e. The van der Waals surface area contributed by atoms with Crippen LogP contribution in [0.15, 0.2) is 76.2 Å². The number of hydrogen-bond donors (Lipinski definition) is 2. The van der Waals surface area contributed by atoms with E-state index in [1.165, 1.54) is 18.4 Å². The van der Waals surface area contributed by atoms with Gasteiger partial charge in [0.1, 0.15) is 17.6 Å². The standard InChI is InChI=1S/C23H26N2O5S/c1-3-29-22-12-11-20(14-17(22)2)31(27,28)25-21(15-18-8-5-4-6-9-18)23(26)24-16-19-10-7-13-30-19/h4-14,21,25H,3,15-16H2,1-2H3,(H,24,26)/t21-/m0/s1. The number of carbonyl (C=O) groups is 1. The van der Waals surface area contributed by atoms with Crippen LogP contribution in [0.2, 0.25) is 0 Å². The Morgan fingerprint density at radius 3 is 2.52 bits per heavy atom. The van der Waals surface area contributed by atoms with Gasteiger partial charge in [0.05, 0.1) is 24.3 Å². The fraction of sp³-hybridized carbons (Fsp3) is 0.261. The first kappa shape index (κ1) is 22.6. The summed E-state index contributed by atoms with van der Waals surface area (Å²) < 4.78 is 39.4. The highest BCUT2D eigenvalue weighted by Crippen LogP contribution is 2.22. The van der Waals surface area contributed by atoms with Gasteiger partial charge in [0, 0.05) is 0 Å². The molecule has 1 aromatic heterocycles. The quantitative estimate of drug-likeness (QED) is 0.503. The fourth-order valence-electron chi connectivity index (χ4n) is 3.11. The Balaban J connectivity index is 1.80. The summed E-state index contributed by atoms with van der Waals surface area (Å²) in [5, 5.41) is 2.74. The molecule has 31 heavy (non-hydrogen) atoms. The number of aryl methyl sites for hydroxylation is 1. The maximum atomic E-state index is 13.0. The van der Waals surface area contributed by atoms with E-state index >= 15 is 0 Å². The lowest BCUT2D eigenvalue weighted by molar-refractivity contribution is -0.122. The molecule has 0 unspecified atom stereocenters. The van der Waals surface area contributed by atoms with Crippen molar-refractivity contribution in [2.45, 2.75) is 37.8 Å². The topological polar surface area (TPSA) is 97.6 Å². The molecule has 0 aliphatic carbocycles. The molecular formula is C23H26N2O5S. The second-order valence-electron chi connectivity index (χ2n) is 7.02. The van der Waals surface area contributed by atoms with Crippen molar-refractivity contribution in [3.8, 4) is 5.75 Å². The number of benzene rings is 2. The van der Waals surface area contributed by atoms with Crippen molar-refractivity contribution in [1.82, 2.24) is 10.0 Å². The summed E-state index contributed by atoms with van der Waals surface area (Å²) in [5.41, 5.74) is 1.54. The third-order valence-corrected chi connectivity index (χ3v) is 6.14. The van der Waals surface area contributed by atoms with Gasteiger partial charge in [-0.15, -0.1) is 0 Å². The summed E-state index contributed by atoms with van der Waals surface area (Å²) in [4.78, 5) is 12.9. The molecule has 164 valence electrons. The van der Waals surface area contributed by atoms with Crippen molar-refractivity contribution in [2.24, 2.45) is 0 Å². The van der Waals surface area contributed by atoms with Gasteiger partial charge in [-0.2, -0.15) is 4.72 Å². The number of ether oxygens (including phenoxy) is 1. The van der Waals surface area contributed by atoms with Crippen molar-refractivity contribution in [3.05, 3.63) is 83.8 Å². The molecule has 0 aliphatic heterocycles. The Bertz CT molecular complexity index is 1100. The average molecular weight is 443 g/mol. The van der Waals surface area contributed by atoms with Crippen LogP contribution >= 0.6 is 0 Å². The predicted octanol–water partition coefficient (Wildman–Crippen LogP) is 3.19. The molecule has 0 saturated carbocycles. The van der Waals surface area contributed by atoms with Crippen molar-refractivity contribution < 1.29 is 22.4 Å². The van der Waals surface area contributed by atoms with Crippen molar-refractivity contribution in [3.63, 3.8) is 0 Å². The van der Waals surface area contributed by atoms with E-state index in [-0.39, 0.29) is 17.9 Å². The number of nitrogens with one attached hydrogen (secondary N) is 2. The minimum Gasteiger partial charge on any atom is -0.494 e. The van der Waals surface area contributed by atoms with E-state index in [0.29, 0.717) is 23.7 Å². The molecule has 3 rings (SSSR count). The van der Waals surface area contributed by atoms with E-state index < -0.39 is 22.0 Å². The third kappa shape index (κ3) is 6.19. The van der Waals surface area contributed by atoms with Gasteiger partial charge < -0.3 is 14.5 Å². The first-order chi connectivity index (χ1) is 14.9. The minimum atomic E-state index is -3.94. The van der Waals surface area contributed by atoms with Crippen LogP contribution < -0.4 is 14.8 Å². The van der Waals surface area contributed by atoms with Gasteiger partial charge >= 0.3 is 0 Å². The lowest BCUT2D eigenvalue weighted by atomic mass is 10.1. The summed E-state index contributed by atoms with van der Waals surface area (Å²) in [6.45, 7) is 4.30. The number of furan rings is 1. The Labute approximate surface area is 182 Å². The van der Waals surface area contributed by atoms with Gasteiger partial charge in [-0.25, -0.2) is 8.42 Å². The SMILES string of the molecule is CCOc1ccc(S(=O)(=O)N[C@@H](Cc2ccccc2)C(=O)NCc2ccco2)cc1C. The molecule has 0 bridgehead atoms. The molecule has 1 atom stereocenters. The Kier molecular flexibility index (Phi) is 7.49. The zero-order valence-corrected chi connectivity index (χ0v) is 18.3. The smallest absolute Gasteiger partial charge is 0.241 e. The molecule has 8 heteroatoms. The highest BCUT2D eigenvalue weighted by atomic mass is 32.2. The zero-order valence-electron chi connectivity index (χ0n) is 17.5. The molecule has 1 amide bonds. The van der Waals surface area contributed by atoms with Crippen LogP contribution in [0, 0.1) is 6.92 Å². The normalized spacial score (nSPS) is 12.3. The number of sulfonamides is 1. The molecule has 7 nitrogen and oxygen atoms in total. The van der Waals surface area contributed by atoms with E-state index in [2.05, 4.69) is 10.0 Å². The van der Waals surface area contributed by atoms with Crippen molar-refractivity contribution in [1.29, 1.82) is 0 Å². The van der Waals surface area contributed by atoms with Crippen LogP contribution in [0.25, 0.3) is 0 Å². The molecule has 0 radical (unpaired) electrons. The van der Waals surface area contributed by atoms with Gasteiger partial charge in [-0.1, -0.05) is 30.3 Å². The Hall–Kier alpha value is -3.10. The number of hydrogen-bond acceptors (Lipinski definition) is 5. The molecule has 1 heterocycles. The van der Waals surface area contributed by atoms with Crippen molar-refractivity contribution in [2.75, 3.05) is 6.61 Å². The van der Waals surface area contributed by atoms with Crippen LogP contribution in [0.3, 0.4) is 0 Å². The highest BCUT2D eigenvalue weighted by Gasteiger charge is 2.26. The van der Waals surface area contributed by atoms with Gasteiger partial charge in [0.2, 0.25) is 15.9 Å². The summed E-state index contributed by atoms with van der Waals surface area (Å²) in [6.07, 6.45) is 1.72. The maximum absolute atomic E-state index is 13.0. The first-order valence-corrected chi connectivity index (χ1v) is 11.5. The van der Waals surface area contributed by atoms with Gasteiger partial charge in [0.15, 0.2) is 0 Å². The van der Waals surface area contributed by atoms with Gasteiger partial charge in [-0.3, -0.25) is 4.79 Å². The lowest BCUT2D eigenvalue weighted by Gasteiger charge is -2.19. The molecule has 2 aromatic carbocycles. The van der Waals surface area contributed by atoms with E-state index in [4.69, 9.17) is 9.15 Å².